The highest BCUT2D eigenvalue weighted by atomic mass is 35.5. The van der Waals surface area contributed by atoms with Gasteiger partial charge in [0.25, 0.3) is 0 Å². The van der Waals surface area contributed by atoms with Crippen LogP contribution >= 0.6 is 11.6 Å². The normalized spacial score (nSPS) is 9.91. The number of carbonyl (C=O) groups is 1. The Morgan fingerprint density at radius 2 is 2.18 bits per heavy atom. The Morgan fingerprint density at radius 3 is 2.55 bits per heavy atom. The highest BCUT2D eigenvalue weighted by Gasteiger charge is 2.09. The van der Waals surface area contributed by atoms with Gasteiger partial charge in [0.15, 0.2) is 6.07 Å². The Morgan fingerprint density at radius 1 is 1.64 bits per heavy atom. The number of carbonyl (C=O) groups excluding carboxylic acids is 1. The summed E-state index contributed by atoms with van der Waals surface area (Å²) < 4.78 is 4.56. The average molecular weight is 180 g/mol. The first kappa shape index (κ1) is 10.6. The van der Waals surface area contributed by atoms with Crippen LogP contribution in [0.1, 0.15) is 13.8 Å². The molecule has 0 aromatic heterocycles. The number of alkyl halides is 1. The number of halogens is 1. The zero-order valence-corrected chi connectivity index (χ0v) is 7.89. The van der Waals surface area contributed by atoms with E-state index in [1.54, 1.807) is 7.05 Å². The number of hydrogen-bond donors (Lipinski definition) is 0. The molecule has 0 rings (SSSR count). The van der Waals surface area contributed by atoms with Gasteiger partial charge in [-0.3, -0.25) is 0 Å². The Kier molecular flexibility index (Phi) is 5.03. The molecular formula is C7H14ClNO2. The molecule has 0 spiro atoms. The molecule has 0 radical (unpaired) electrons. The summed E-state index contributed by atoms with van der Waals surface area (Å²) in [5.74, 6) is 0.447. The van der Waals surface area contributed by atoms with Crippen molar-refractivity contribution in [3.63, 3.8) is 0 Å². The number of hydrogen-bond acceptors (Lipinski definition) is 2. The SMILES string of the molecule is CC(C)CN(C)C(=O)OCCl. The predicted molar refractivity (Wildman–Crippen MR) is 44.7 cm³/mol. The molecule has 0 bridgehead atoms. The fraction of sp³-hybridized carbons (Fsp3) is 0.857. The molecular weight excluding hydrogens is 166 g/mol. The van der Waals surface area contributed by atoms with Crippen LogP contribution in [0.4, 0.5) is 4.79 Å². The highest BCUT2D eigenvalue weighted by Crippen LogP contribution is 1.98. The van der Waals surface area contributed by atoms with Gasteiger partial charge in [0.1, 0.15) is 0 Å². The highest BCUT2D eigenvalue weighted by molar-refractivity contribution is 6.17. The molecule has 0 heterocycles. The number of rotatable bonds is 3. The van der Waals surface area contributed by atoms with E-state index in [4.69, 9.17) is 11.6 Å². The lowest BCUT2D eigenvalue weighted by Gasteiger charge is -2.17. The van der Waals surface area contributed by atoms with E-state index in [0.717, 1.165) is 0 Å². The van der Waals surface area contributed by atoms with Crippen LogP contribution in [0.15, 0.2) is 0 Å². The maximum atomic E-state index is 10.9. The molecule has 0 aliphatic heterocycles. The second kappa shape index (κ2) is 5.24. The molecule has 3 nitrogen and oxygen atoms in total. The number of nitrogens with zero attached hydrogens (tertiary/aromatic N) is 1. The van der Waals surface area contributed by atoms with Crippen LogP contribution in [0.5, 0.6) is 0 Å². The van der Waals surface area contributed by atoms with Gasteiger partial charge in [0, 0.05) is 13.6 Å². The van der Waals surface area contributed by atoms with Gasteiger partial charge in [0.2, 0.25) is 0 Å². The summed E-state index contributed by atoms with van der Waals surface area (Å²) in [6, 6.07) is -0.0821. The first-order valence-electron chi connectivity index (χ1n) is 3.51. The van der Waals surface area contributed by atoms with Crippen LogP contribution in [0.2, 0.25) is 0 Å². The zero-order chi connectivity index (χ0) is 8.85. The lowest BCUT2D eigenvalue weighted by molar-refractivity contribution is 0.123. The summed E-state index contributed by atoms with van der Waals surface area (Å²) in [7, 11) is 1.69. The van der Waals surface area contributed by atoms with Crippen LogP contribution < -0.4 is 0 Å². The van der Waals surface area contributed by atoms with Crippen LogP contribution in [0.25, 0.3) is 0 Å². The molecule has 4 heteroatoms. The predicted octanol–water partition coefficient (Wildman–Crippen LogP) is 1.91. The van der Waals surface area contributed by atoms with E-state index in [-0.39, 0.29) is 12.2 Å². The van der Waals surface area contributed by atoms with Crippen molar-refractivity contribution in [2.45, 2.75) is 13.8 Å². The summed E-state index contributed by atoms with van der Waals surface area (Å²) in [4.78, 5) is 12.4. The van der Waals surface area contributed by atoms with Crippen molar-refractivity contribution in [1.82, 2.24) is 4.90 Å². The third kappa shape index (κ3) is 4.90. The first-order valence-corrected chi connectivity index (χ1v) is 4.05. The Balaban J connectivity index is 3.64. The monoisotopic (exact) mass is 179 g/mol. The van der Waals surface area contributed by atoms with Gasteiger partial charge < -0.3 is 9.64 Å². The van der Waals surface area contributed by atoms with Gasteiger partial charge in [-0.15, -0.1) is 0 Å². The molecule has 0 unspecified atom stereocenters. The first-order chi connectivity index (χ1) is 5.07. The van der Waals surface area contributed by atoms with E-state index in [0.29, 0.717) is 12.5 Å². The van der Waals surface area contributed by atoms with E-state index in [1.807, 2.05) is 13.8 Å². The lowest BCUT2D eigenvalue weighted by Crippen LogP contribution is -2.30. The maximum absolute atomic E-state index is 10.9. The Hall–Kier alpha value is -0.440. The molecule has 0 N–H and O–H groups in total. The molecule has 0 aliphatic rings. The van der Waals surface area contributed by atoms with Gasteiger partial charge in [0.05, 0.1) is 0 Å². The topological polar surface area (TPSA) is 29.5 Å². The smallest absolute Gasteiger partial charge is 0.410 e. The summed E-state index contributed by atoms with van der Waals surface area (Å²) in [6.07, 6.45) is -0.367. The van der Waals surface area contributed by atoms with Crippen LogP contribution in [0.3, 0.4) is 0 Å². The quantitative estimate of drug-likeness (QED) is 0.620. The van der Waals surface area contributed by atoms with Gasteiger partial charge in [-0.25, -0.2) is 4.79 Å². The van der Waals surface area contributed by atoms with Crippen molar-refractivity contribution in [2.75, 3.05) is 19.7 Å². The van der Waals surface area contributed by atoms with Crippen molar-refractivity contribution in [3.05, 3.63) is 0 Å². The van der Waals surface area contributed by atoms with Crippen molar-refractivity contribution in [2.24, 2.45) is 5.92 Å². The fourth-order valence-electron chi connectivity index (χ4n) is 0.779. The Bertz CT molecular complexity index is 128. The Labute approximate surface area is 72.3 Å². The maximum Gasteiger partial charge on any atom is 0.410 e. The third-order valence-corrected chi connectivity index (χ3v) is 1.24. The van der Waals surface area contributed by atoms with E-state index in [1.165, 1.54) is 4.90 Å². The lowest BCUT2D eigenvalue weighted by atomic mass is 10.2. The minimum atomic E-state index is -0.367. The molecule has 0 saturated carbocycles. The molecule has 0 aromatic carbocycles. The van der Waals surface area contributed by atoms with E-state index < -0.39 is 0 Å². The zero-order valence-electron chi connectivity index (χ0n) is 7.13. The second-order valence-electron chi connectivity index (χ2n) is 2.79. The molecule has 0 saturated heterocycles. The van der Waals surface area contributed by atoms with Gasteiger partial charge in [-0.1, -0.05) is 25.4 Å². The largest absolute Gasteiger partial charge is 0.433 e. The van der Waals surface area contributed by atoms with Crippen molar-refractivity contribution < 1.29 is 9.53 Å². The van der Waals surface area contributed by atoms with Crippen LogP contribution in [0, 0.1) is 5.92 Å². The van der Waals surface area contributed by atoms with E-state index in [2.05, 4.69) is 4.74 Å². The molecule has 0 fully saturated rings. The number of amides is 1. The average Bonchev–Trinajstić information content (AvgIpc) is 1.86. The van der Waals surface area contributed by atoms with Crippen molar-refractivity contribution in [3.8, 4) is 0 Å². The summed E-state index contributed by atoms with van der Waals surface area (Å²) in [5.41, 5.74) is 0. The molecule has 11 heavy (non-hydrogen) atoms. The summed E-state index contributed by atoms with van der Waals surface area (Å²) in [6.45, 7) is 4.75. The van der Waals surface area contributed by atoms with Gasteiger partial charge in [-0.05, 0) is 5.92 Å². The molecule has 66 valence electrons. The number of ether oxygens (including phenoxy) is 1. The van der Waals surface area contributed by atoms with E-state index >= 15 is 0 Å². The molecule has 0 aromatic rings. The standard InChI is InChI=1S/C7H14ClNO2/c1-6(2)4-9(3)7(10)11-5-8/h6H,4-5H2,1-3H3. The molecule has 0 atom stereocenters. The van der Waals surface area contributed by atoms with Crippen LogP contribution in [-0.2, 0) is 4.74 Å². The molecule has 0 aliphatic carbocycles. The summed E-state index contributed by atoms with van der Waals surface area (Å²) in [5, 5.41) is 0. The fourth-order valence-corrected chi connectivity index (χ4v) is 0.872. The van der Waals surface area contributed by atoms with Crippen LogP contribution in [-0.4, -0.2) is 30.7 Å². The van der Waals surface area contributed by atoms with Crippen molar-refractivity contribution >= 4 is 17.7 Å². The summed E-state index contributed by atoms with van der Waals surface area (Å²) >= 11 is 5.21. The second-order valence-corrected chi connectivity index (χ2v) is 3.01. The minimum Gasteiger partial charge on any atom is -0.433 e. The van der Waals surface area contributed by atoms with Gasteiger partial charge >= 0.3 is 6.09 Å². The molecule has 1 amide bonds. The minimum absolute atomic E-state index is 0.0821. The van der Waals surface area contributed by atoms with Crippen molar-refractivity contribution in [1.29, 1.82) is 0 Å². The third-order valence-electron chi connectivity index (χ3n) is 1.13. The van der Waals surface area contributed by atoms with E-state index in [9.17, 15) is 4.79 Å². The van der Waals surface area contributed by atoms with Gasteiger partial charge in [-0.2, -0.15) is 0 Å².